The summed E-state index contributed by atoms with van der Waals surface area (Å²) in [6.45, 7) is 1.69. The number of Topliss-reactive ketones (excluding diaryl/α,β-unsaturated/α-hetero) is 1. The lowest BCUT2D eigenvalue weighted by Crippen LogP contribution is -2.24. The van der Waals surface area contributed by atoms with Gasteiger partial charge in [-0.05, 0) is 37.6 Å². The van der Waals surface area contributed by atoms with Crippen LogP contribution in [0.5, 0.6) is 5.75 Å². The van der Waals surface area contributed by atoms with E-state index in [4.69, 9.17) is 4.74 Å². The van der Waals surface area contributed by atoms with E-state index in [1.54, 1.807) is 19.1 Å². The Morgan fingerprint density at radius 3 is 2.65 bits per heavy atom. The number of nitrogens with zero attached hydrogens (tertiary/aromatic N) is 1. The van der Waals surface area contributed by atoms with Gasteiger partial charge in [-0.1, -0.05) is 0 Å². The summed E-state index contributed by atoms with van der Waals surface area (Å²) < 4.78 is 29.9. The van der Waals surface area contributed by atoms with E-state index in [9.17, 15) is 23.3 Å². The highest BCUT2D eigenvalue weighted by atomic mass is 32.2. The molecule has 1 N–H and O–H groups in total. The number of ketones is 1. The third-order valence-corrected chi connectivity index (χ3v) is 5.32. The van der Waals surface area contributed by atoms with Crippen LogP contribution in [0.2, 0.25) is 0 Å². The Kier molecular flexibility index (Phi) is 6.46. The van der Waals surface area contributed by atoms with Gasteiger partial charge in [-0.3, -0.25) is 14.9 Å². The van der Waals surface area contributed by atoms with Gasteiger partial charge in [-0.2, -0.15) is 0 Å². The molecular formula is C16H18N2O6S2. The predicted molar refractivity (Wildman–Crippen MR) is 98.5 cm³/mol. The highest BCUT2D eigenvalue weighted by Gasteiger charge is 2.13. The summed E-state index contributed by atoms with van der Waals surface area (Å²) in [5.74, 6) is 0.170. The normalized spacial score (nSPS) is 11.3. The fourth-order valence-electron chi connectivity index (χ4n) is 2.16. The number of aryl methyl sites for hydroxylation is 1. The minimum atomic E-state index is -3.23. The highest BCUT2D eigenvalue weighted by molar-refractivity contribution is 7.88. The van der Waals surface area contributed by atoms with E-state index in [2.05, 4.69) is 4.72 Å². The van der Waals surface area contributed by atoms with Crippen molar-refractivity contribution >= 4 is 32.8 Å². The molecule has 0 aliphatic heterocycles. The standard InChI is InChI=1S/C16H18N2O6S2/c1-11-9-12(3-5-14(11)18(20)21)24-10-15(19)16-6-4-13(25-16)7-8-17-26(2,22)23/h3-6,9,17H,7-8,10H2,1-2H3. The molecular weight excluding hydrogens is 380 g/mol. The monoisotopic (exact) mass is 398 g/mol. The van der Waals surface area contributed by atoms with Crippen LogP contribution < -0.4 is 9.46 Å². The fraction of sp³-hybridized carbons (Fsp3) is 0.312. The van der Waals surface area contributed by atoms with Gasteiger partial charge in [0.05, 0.1) is 16.1 Å². The van der Waals surface area contributed by atoms with Crippen LogP contribution in [-0.2, 0) is 16.4 Å². The quantitative estimate of drug-likeness (QED) is 0.394. The number of sulfonamides is 1. The molecule has 1 heterocycles. The second kappa shape index (κ2) is 8.39. The first-order valence-corrected chi connectivity index (χ1v) is 10.3. The van der Waals surface area contributed by atoms with E-state index < -0.39 is 14.9 Å². The van der Waals surface area contributed by atoms with Gasteiger partial charge in [0.25, 0.3) is 5.69 Å². The molecule has 0 saturated heterocycles. The first-order chi connectivity index (χ1) is 12.2. The van der Waals surface area contributed by atoms with Gasteiger partial charge in [0.1, 0.15) is 5.75 Å². The number of thiophene rings is 1. The van der Waals surface area contributed by atoms with Crippen LogP contribution in [0.15, 0.2) is 30.3 Å². The Morgan fingerprint density at radius 2 is 2.04 bits per heavy atom. The second-order valence-electron chi connectivity index (χ2n) is 5.60. The number of hydrogen-bond donors (Lipinski definition) is 1. The smallest absolute Gasteiger partial charge is 0.272 e. The van der Waals surface area contributed by atoms with E-state index in [-0.39, 0.29) is 24.6 Å². The summed E-state index contributed by atoms with van der Waals surface area (Å²) in [5.41, 5.74) is 0.450. The summed E-state index contributed by atoms with van der Waals surface area (Å²) >= 11 is 1.28. The molecule has 0 aliphatic carbocycles. The summed E-state index contributed by atoms with van der Waals surface area (Å²) in [6.07, 6.45) is 1.58. The molecule has 1 aromatic heterocycles. The fourth-order valence-corrected chi connectivity index (χ4v) is 3.57. The van der Waals surface area contributed by atoms with Gasteiger partial charge in [0.2, 0.25) is 15.8 Å². The minimum absolute atomic E-state index is 0.00530. The summed E-state index contributed by atoms with van der Waals surface area (Å²) in [4.78, 5) is 23.9. The van der Waals surface area contributed by atoms with Crippen LogP contribution in [-0.4, -0.2) is 38.5 Å². The molecule has 0 amide bonds. The molecule has 10 heteroatoms. The molecule has 0 aliphatic rings. The minimum Gasteiger partial charge on any atom is -0.485 e. The van der Waals surface area contributed by atoms with Gasteiger partial charge in [0, 0.05) is 23.1 Å². The van der Waals surface area contributed by atoms with Gasteiger partial charge < -0.3 is 4.74 Å². The number of nitrogens with one attached hydrogen (secondary N) is 1. The van der Waals surface area contributed by atoms with Crippen LogP contribution in [0.3, 0.4) is 0 Å². The van der Waals surface area contributed by atoms with Crippen molar-refractivity contribution in [3.05, 3.63) is 55.8 Å². The van der Waals surface area contributed by atoms with E-state index >= 15 is 0 Å². The van der Waals surface area contributed by atoms with E-state index in [1.807, 2.05) is 0 Å². The first kappa shape index (κ1) is 20.0. The van der Waals surface area contributed by atoms with Crippen LogP contribution in [0.25, 0.3) is 0 Å². The van der Waals surface area contributed by atoms with E-state index in [0.29, 0.717) is 22.6 Å². The zero-order chi connectivity index (χ0) is 19.3. The molecule has 26 heavy (non-hydrogen) atoms. The summed E-state index contributed by atoms with van der Waals surface area (Å²) in [5, 5.41) is 10.8. The second-order valence-corrected chi connectivity index (χ2v) is 8.60. The van der Waals surface area contributed by atoms with Crippen molar-refractivity contribution < 1.29 is 22.9 Å². The molecule has 8 nitrogen and oxygen atoms in total. The largest absolute Gasteiger partial charge is 0.485 e. The maximum Gasteiger partial charge on any atom is 0.272 e. The molecule has 1 aromatic carbocycles. The first-order valence-electron chi connectivity index (χ1n) is 7.60. The lowest BCUT2D eigenvalue weighted by Gasteiger charge is -2.06. The maximum absolute atomic E-state index is 12.2. The Labute approximate surface area is 155 Å². The average molecular weight is 398 g/mol. The van der Waals surface area contributed by atoms with E-state index in [1.165, 1.54) is 29.5 Å². The van der Waals surface area contributed by atoms with Crippen LogP contribution in [0.4, 0.5) is 5.69 Å². The van der Waals surface area contributed by atoms with E-state index in [0.717, 1.165) is 11.1 Å². The number of carbonyl (C=O) groups is 1. The van der Waals surface area contributed by atoms with Gasteiger partial charge in [-0.25, -0.2) is 13.1 Å². The van der Waals surface area contributed by atoms with Gasteiger partial charge in [-0.15, -0.1) is 11.3 Å². The van der Waals surface area contributed by atoms with Crippen molar-refractivity contribution in [1.82, 2.24) is 4.72 Å². The van der Waals surface area contributed by atoms with Crippen LogP contribution in [0, 0.1) is 17.0 Å². The van der Waals surface area contributed by atoms with Crippen LogP contribution in [0.1, 0.15) is 20.1 Å². The van der Waals surface area contributed by atoms with Crippen molar-refractivity contribution in [1.29, 1.82) is 0 Å². The Bertz CT molecular complexity index is 921. The number of carbonyl (C=O) groups excluding carboxylic acids is 1. The predicted octanol–water partition coefficient (Wildman–Crippen LogP) is 2.32. The molecule has 140 valence electrons. The lowest BCUT2D eigenvalue weighted by molar-refractivity contribution is -0.385. The molecule has 2 aromatic rings. The van der Waals surface area contributed by atoms with Crippen molar-refractivity contribution in [2.24, 2.45) is 0 Å². The molecule has 0 saturated carbocycles. The van der Waals surface area contributed by atoms with Gasteiger partial charge >= 0.3 is 0 Å². The molecule has 0 spiro atoms. The summed E-state index contributed by atoms with van der Waals surface area (Å²) in [6, 6.07) is 7.76. The Balaban J connectivity index is 1.90. The van der Waals surface area contributed by atoms with Crippen molar-refractivity contribution in [3.63, 3.8) is 0 Å². The number of nitro benzene ring substituents is 1. The third kappa shape index (κ3) is 5.90. The van der Waals surface area contributed by atoms with Crippen LogP contribution >= 0.6 is 11.3 Å². The molecule has 0 unspecified atom stereocenters. The topological polar surface area (TPSA) is 116 Å². The number of rotatable bonds is 9. The zero-order valence-electron chi connectivity index (χ0n) is 14.2. The SMILES string of the molecule is Cc1cc(OCC(=O)c2ccc(CCNS(C)(=O)=O)s2)ccc1[N+](=O)[O-]. The van der Waals surface area contributed by atoms with Gasteiger partial charge in [0.15, 0.2) is 6.61 Å². The summed E-state index contributed by atoms with van der Waals surface area (Å²) in [7, 11) is -3.23. The number of ether oxygens (including phenoxy) is 1. The molecule has 0 atom stereocenters. The zero-order valence-corrected chi connectivity index (χ0v) is 15.9. The molecule has 2 rings (SSSR count). The Hall–Kier alpha value is -2.30. The third-order valence-electron chi connectivity index (χ3n) is 3.41. The van der Waals surface area contributed by atoms with Crippen molar-refractivity contribution in [2.45, 2.75) is 13.3 Å². The molecule has 0 fully saturated rings. The Morgan fingerprint density at radius 1 is 1.31 bits per heavy atom. The molecule has 0 radical (unpaired) electrons. The highest BCUT2D eigenvalue weighted by Crippen LogP contribution is 2.23. The average Bonchev–Trinajstić information content (AvgIpc) is 3.00. The number of hydrogen-bond acceptors (Lipinski definition) is 7. The van der Waals surface area contributed by atoms with Crippen molar-refractivity contribution in [2.75, 3.05) is 19.4 Å². The van der Waals surface area contributed by atoms with Crippen molar-refractivity contribution in [3.8, 4) is 5.75 Å². The lowest BCUT2D eigenvalue weighted by atomic mass is 10.2. The number of nitro groups is 1. The maximum atomic E-state index is 12.2. The molecule has 0 bridgehead atoms. The number of benzene rings is 1.